The third-order valence-corrected chi connectivity index (χ3v) is 3.09. The number of hydrogen-bond acceptors (Lipinski definition) is 4. The quantitative estimate of drug-likeness (QED) is 0.691. The lowest BCUT2D eigenvalue weighted by molar-refractivity contribution is -0.174. The van der Waals surface area contributed by atoms with E-state index in [1.165, 1.54) is 0 Å². The molecule has 0 aromatic heterocycles. The summed E-state index contributed by atoms with van der Waals surface area (Å²) in [6.45, 7) is 7.73. The highest BCUT2D eigenvalue weighted by atomic mass is 16.6. The molecule has 0 aromatic rings. The summed E-state index contributed by atoms with van der Waals surface area (Å²) >= 11 is 0. The van der Waals surface area contributed by atoms with Crippen LogP contribution in [0.25, 0.3) is 0 Å². The van der Waals surface area contributed by atoms with Gasteiger partial charge in [0.05, 0.1) is 18.4 Å². The number of carbonyl (C=O) groups is 2. The molecule has 1 heterocycles. The summed E-state index contributed by atoms with van der Waals surface area (Å²) in [6, 6.07) is 0. The van der Waals surface area contributed by atoms with Crippen molar-refractivity contribution in [2.45, 2.75) is 40.2 Å². The second-order valence-corrected chi connectivity index (χ2v) is 4.56. The van der Waals surface area contributed by atoms with Crippen LogP contribution in [0.4, 0.5) is 0 Å². The van der Waals surface area contributed by atoms with Gasteiger partial charge in [0, 0.05) is 0 Å². The summed E-state index contributed by atoms with van der Waals surface area (Å²) in [5.74, 6) is -0.750. The molecule has 1 aliphatic heterocycles. The average Bonchev–Trinajstić information content (AvgIpc) is 2.23. The Morgan fingerprint density at radius 2 is 2.19 bits per heavy atom. The van der Waals surface area contributed by atoms with Crippen LogP contribution in [-0.4, -0.2) is 24.6 Å². The maximum atomic E-state index is 11.6. The number of ether oxygens (including phenoxy) is 2. The molecule has 4 nitrogen and oxygen atoms in total. The van der Waals surface area contributed by atoms with E-state index in [-0.39, 0.29) is 35.8 Å². The van der Waals surface area contributed by atoms with Crippen LogP contribution in [0.3, 0.4) is 0 Å². The predicted octanol–water partition coefficient (Wildman–Crippen LogP) is 1.77. The molecule has 0 amide bonds. The molecule has 0 bridgehead atoms. The minimum atomic E-state index is -0.383. The van der Waals surface area contributed by atoms with Gasteiger partial charge in [-0.3, -0.25) is 9.59 Å². The maximum Gasteiger partial charge on any atom is 0.312 e. The van der Waals surface area contributed by atoms with Crippen LogP contribution in [0.1, 0.15) is 34.1 Å². The van der Waals surface area contributed by atoms with E-state index in [4.69, 9.17) is 9.47 Å². The predicted molar refractivity (Wildman–Crippen MR) is 58.6 cm³/mol. The van der Waals surface area contributed by atoms with Gasteiger partial charge in [0.2, 0.25) is 0 Å². The van der Waals surface area contributed by atoms with E-state index in [9.17, 15) is 9.59 Å². The van der Waals surface area contributed by atoms with E-state index in [2.05, 4.69) is 0 Å². The molecule has 1 aliphatic rings. The van der Waals surface area contributed by atoms with Crippen LogP contribution in [0.5, 0.6) is 0 Å². The number of esters is 2. The maximum absolute atomic E-state index is 11.6. The fraction of sp³-hybridized carbons (Fsp3) is 0.833. The standard InChI is InChI=1S/C12H20O4/c1-5-15-12(14)9(4)10-7(2)6-8(3)11(13)16-10/h7-10H,5-6H2,1-4H3/t7-,8+,9+,10-/m0/s1. The van der Waals surface area contributed by atoms with Gasteiger partial charge in [-0.25, -0.2) is 0 Å². The van der Waals surface area contributed by atoms with Gasteiger partial charge >= 0.3 is 11.9 Å². The normalized spacial score (nSPS) is 31.8. The van der Waals surface area contributed by atoms with E-state index in [1.807, 2.05) is 13.8 Å². The first-order chi connectivity index (χ1) is 7.47. The molecule has 1 rings (SSSR count). The Labute approximate surface area is 96.3 Å². The van der Waals surface area contributed by atoms with Crippen LogP contribution >= 0.6 is 0 Å². The zero-order chi connectivity index (χ0) is 12.3. The smallest absolute Gasteiger partial charge is 0.312 e. The number of carbonyl (C=O) groups excluding carboxylic acids is 2. The van der Waals surface area contributed by atoms with Gasteiger partial charge < -0.3 is 9.47 Å². The Balaban J connectivity index is 2.65. The summed E-state index contributed by atoms with van der Waals surface area (Å²) in [7, 11) is 0. The van der Waals surface area contributed by atoms with E-state index < -0.39 is 0 Å². The molecule has 92 valence electrons. The summed E-state index contributed by atoms with van der Waals surface area (Å²) in [6.07, 6.45) is 0.426. The van der Waals surface area contributed by atoms with Crippen molar-refractivity contribution in [3.05, 3.63) is 0 Å². The van der Waals surface area contributed by atoms with Crippen LogP contribution in [0.15, 0.2) is 0 Å². The first-order valence-electron chi connectivity index (χ1n) is 5.84. The Bertz CT molecular complexity index is 274. The lowest BCUT2D eigenvalue weighted by Crippen LogP contribution is -2.42. The Kier molecular flexibility index (Phi) is 4.33. The molecule has 1 fully saturated rings. The molecule has 0 unspecified atom stereocenters. The van der Waals surface area contributed by atoms with Gasteiger partial charge in [0.15, 0.2) is 0 Å². The van der Waals surface area contributed by atoms with Crippen molar-refractivity contribution in [1.29, 1.82) is 0 Å². The molecule has 4 heteroatoms. The van der Waals surface area contributed by atoms with Crippen LogP contribution in [0.2, 0.25) is 0 Å². The van der Waals surface area contributed by atoms with Crippen LogP contribution in [-0.2, 0) is 19.1 Å². The summed E-state index contributed by atoms with van der Waals surface area (Å²) < 4.78 is 10.2. The molecule has 16 heavy (non-hydrogen) atoms. The average molecular weight is 228 g/mol. The van der Waals surface area contributed by atoms with Crippen molar-refractivity contribution in [1.82, 2.24) is 0 Å². The molecule has 0 radical (unpaired) electrons. The molecule has 0 aliphatic carbocycles. The summed E-state index contributed by atoms with van der Waals surface area (Å²) in [5.41, 5.74) is 0. The lowest BCUT2D eigenvalue weighted by Gasteiger charge is -2.34. The summed E-state index contributed by atoms with van der Waals surface area (Å²) in [4.78, 5) is 23.0. The monoisotopic (exact) mass is 228 g/mol. The van der Waals surface area contributed by atoms with Gasteiger partial charge in [-0.05, 0) is 26.2 Å². The minimum absolute atomic E-state index is 0.0688. The van der Waals surface area contributed by atoms with E-state index in [0.717, 1.165) is 6.42 Å². The van der Waals surface area contributed by atoms with Gasteiger partial charge in [-0.15, -0.1) is 0 Å². The molecule has 0 saturated carbocycles. The van der Waals surface area contributed by atoms with Crippen LogP contribution in [0, 0.1) is 17.8 Å². The Morgan fingerprint density at radius 3 is 2.75 bits per heavy atom. The Hall–Kier alpha value is -1.06. The molecule has 0 N–H and O–H groups in total. The third-order valence-electron chi connectivity index (χ3n) is 3.09. The molecule has 1 saturated heterocycles. The second-order valence-electron chi connectivity index (χ2n) is 4.56. The highest BCUT2D eigenvalue weighted by Gasteiger charge is 2.39. The van der Waals surface area contributed by atoms with Gasteiger partial charge in [-0.1, -0.05) is 13.8 Å². The number of cyclic esters (lactones) is 1. The van der Waals surface area contributed by atoms with Gasteiger partial charge in [0.25, 0.3) is 0 Å². The topological polar surface area (TPSA) is 52.6 Å². The Morgan fingerprint density at radius 1 is 1.56 bits per heavy atom. The second kappa shape index (κ2) is 5.32. The zero-order valence-electron chi connectivity index (χ0n) is 10.4. The molecule has 4 atom stereocenters. The van der Waals surface area contributed by atoms with Crippen molar-refractivity contribution in [2.75, 3.05) is 6.61 Å². The molecule has 0 spiro atoms. The van der Waals surface area contributed by atoms with E-state index in [0.29, 0.717) is 6.61 Å². The number of hydrogen-bond donors (Lipinski definition) is 0. The highest BCUT2D eigenvalue weighted by molar-refractivity contribution is 5.76. The first kappa shape index (κ1) is 13.0. The zero-order valence-corrected chi connectivity index (χ0v) is 10.4. The number of rotatable bonds is 3. The third kappa shape index (κ3) is 2.74. The lowest BCUT2D eigenvalue weighted by atomic mass is 9.84. The van der Waals surface area contributed by atoms with E-state index in [1.54, 1.807) is 13.8 Å². The van der Waals surface area contributed by atoms with Gasteiger partial charge in [-0.2, -0.15) is 0 Å². The molecular weight excluding hydrogens is 208 g/mol. The fourth-order valence-electron chi connectivity index (χ4n) is 2.16. The van der Waals surface area contributed by atoms with Crippen molar-refractivity contribution in [2.24, 2.45) is 17.8 Å². The molecular formula is C12H20O4. The van der Waals surface area contributed by atoms with Crippen molar-refractivity contribution < 1.29 is 19.1 Å². The van der Waals surface area contributed by atoms with Crippen molar-refractivity contribution >= 4 is 11.9 Å². The molecule has 0 aromatic carbocycles. The van der Waals surface area contributed by atoms with Crippen molar-refractivity contribution in [3.8, 4) is 0 Å². The largest absolute Gasteiger partial charge is 0.466 e. The van der Waals surface area contributed by atoms with Crippen LogP contribution < -0.4 is 0 Å². The summed E-state index contributed by atoms with van der Waals surface area (Å²) in [5, 5.41) is 0. The minimum Gasteiger partial charge on any atom is -0.466 e. The van der Waals surface area contributed by atoms with Crippen molar-refractivity contribution in [3.63, 3.8) is 0 Å². The first-order valence-corrected chi connectivity index (χ1v) is 5.84. The van der Waals surface area contributed by atoms with E-state index >= 15 is 0 Å². The highest BCUT2D eigenvalue weighted by Crippen LogP contribution is 2.30. The SMILES string of the molecule is CCOC(=O)[C@H](C)[C@H]1OC(=O)[C@H](C)C[C@@H]1C. The fourth-order valence-corrected chi connectivity index (χ4v) is 2.16. The van der Waals surface area contributed by atoms with Gasteiger partial charge in [0.1, 0.15) is 6.10 Å².